The molecule has 3 N–H and O–H groups in total. The maximum Gasteiger partial charge on any atom is 0.0493 e. The summed E-state index contributed by atoms with van der Waals surface area (Å²) in [7, 11) is 0. The molecule has 0 aromatic heterocycles. The fourth-order valence-electron chi connectivity index (χ4n) is 3.08. The van der Waals surface area contributed by atoms with E-state index in [-0.39, 0.29) is 0 Å². The van der Waals surface area contributed by atoms with Gasteiger partial charge < -0.3 is 0 Å². The first-order valence-corrected chi connectivity index (χ1v) is 6.16. The summed E-state index contributed by atoms with van der Waals surface area (Å²) in [6.07, 6.45) is 3.90. The Morgan fingerprint density at radius 1 is 1.31 bits per heavy atom. The largest absolute Gasteiger partial charge is 0.271 e. The van der Waals surface area contributed by atoms with Crippen molar-refractivity contribution in [3.8, 4) is 0 Å². The highest BCUT2D eigenvalue weighted by Crippen LogP contribution is 2.48. The zero-order chi connectivity index (χ0) is 11.6. The molecule has 0 aliphatic heterocycles. The molecule has 1 saturated carbocycles. The Bertz CT molecular complexity index is 332. The summed E-state index contributed by atoms with van der Waals surface area (Å²) in [6.45, 7) is 4.72. The van der Waals surface area contributed by atoms with Crippen molar-refractivity contribution in [1.82, 2.24) is 5.43 Å². The molecule has 16 heavy (non-hydrogen) atoms. The lowest BCUT2D eigenvalue weighted by Gasteiger charge is -2.34. The van der Waals surface area contributed by atoms with Crippen LogP contribution in [0.15, 0.2) is 30.3 Å². The molecule has 2 unspecified atom stereocenters. The maximum atomic E-state index is 5.76. The first-order chi connectivity index (χ1) is 7.65. The van der Waals surface area contributed by atoms with E-state index in [1.54, 1.807) is 0 Å². The molecular weight excluding hydrogens is 196 g/mol. The standard InChI is InChI=1S/C14H22N2/c1-14(2)10-6-9-12(14)13(16-15)11-7-4-3-5-8-11/h3-5,7-8,12-13,16H,6,9-10,15H2,1-2H3. The predicted molar refractivity (Wildman–Crippen MR) is 67.6 cm³/mol. The first-order valence-electron chi connectivity index (χ1n) is 6.16. The molecule has 2 nitrogen and oxygen atoms in total. The van der Waals surface area contributed by atoms with Crippen molar-refractivity contribution in [2.75, 3.05) is 0 Å². The third-order valence-corrected chi connectivity index (χ3v) is 4.08. The van der Waals surface area contributed by atoms with Crippen LogP contribution in [-0.4, -0.2) is 0 Å². The molecule has 1 aromatic carbocycles. The second-order valence-corrected chi connectivity index (χ2v) is 5.54. The third-order valence-electron chi connectivity index (χ3n) is 4.08. The Balaban J connectivity index is 2.23. The van der Waals surface area contributed by atoms with Crippen molar-refractivity contribution in [2.24, 2.45) is 17.2 Å². The summed E-state index contributed by atoms with van der Waals surface area (Å²) >= 11 is 0. The Morgan fingerprint density at radius 3 is 2.50 bits per heavy atom. The molecule has 1 aliphatic rings. The molecule has 88 valence electrons. The Labute approximate surface area is 98.2 Å². The minimum Gasteiger partial charge on any atom is -0.271 e. The highest BCUT2D eigenvalue weighted by Gasteiger charge is 2.39. The summed E-state index contributed by atoms with van der Waals surface area (Å²) in [6, 6.07) is 10.8. The fourth-order valence-corrected chi connectivity index (χ4v) is 3.08. The molecule has 2 heteroatoms. The van der Waals surface area contributed by atoms with Crippen LogP contribution in [0.2, 0.25) is 0 Å². The third kappa shape index (κ3) is 2.13. The van der Waals surface area contributed by atoms with Gasteiger partial charge in [0.05, 0.1) is 0 Å². The van der Waals surface area contributed by atoms with E-state index < -0.39 is 0 Å². The van der Waals surface area contributed by atoms with Crippen LogP contribution in [0, 0.1) is 11.3 Å². The van der Waals surface area contributed by atoms with Crippen molar-refractivity contribution in [3.63, 3.8) is 0 Å². The van der Waals surface area contributed by atoms with E-state index in [4.69, 9.17) is 5.84 Å². The number of hydrazine groups is 1. The number of hydrogen-bond acceptors (Lipinski definition) is 2. The van der Waals surface area contributed by atoms with Crippen molar-refractivity contribution in [1.29, 1.82) is 0 Å². The average molecular weight is 218 g/mol. The van der Waals surface area contributed by atoms with E-state index in [0.717, 1.165) is 0 Å². The van der Waals surface area contributed by atoms with Crippen molar-refractivity contribution >= 4 is 0 Å². The van der Waals surface area contributed by atoms with Gasteiger partial charge in [0.1, 0.15) is 0 Å². The topological polar surface area (TPSA) is 38.0 Å². The van der Waals surface area contributed by atoms with Crippen LogP contribution in [-0.2, 0) is 0 Å². The molecular formula is C14H22N2. The van der Waals surface area contributed by atoms with Crippen LogP contribution >= 0.6 is 0 Å². The molecule has 2 rings (SSSR count). The van der Waals surface area contributed by atoms with E-state index in [0.29, 0.717) is 17.4 Å². The zero-order valence-electron chi connectivity index (χ0n) is 10.2. The van der Waals surface area contributed by atoms with E-state index in [2.05, 4.69) is 49.6 Å². The molecule has 1 fully saturated rings. The highest BCUT2D eigenvalue weighted by atomic mass is 15.2. The van der Waals surface area contributed by atoms with Gasteiger partial charge >= 0.3 is 0 Å². The molecule has 0 bridgehead atoms. The van der Waals surface area contributed by atoms with Gasteiger partial charge in [-0.2, -0.15) is 0 Å². The van der Waals surface area contributed by atoms with Gasteiger partial charge in [0.2, 0.25) is 0 Å². The smallest absolute Gasteiger partial charge is 0.0493 e. The van der Waals surface area contributed by atoms with E-state index >= 15 is 0 Å². The van der Waals surface area contributed by atoms with E-state index in [1.807, 2.05) is 0 Å². The molecule has 0 heterocycles. The number of nitrogens with one attached hydrogen (secondary N) is 1. The normalized spacial score (nSPS) is 25.6. The fraction of sp³-hybridized carbons (Fsp3) is 0.571. The van der Waals surface area contributed by atoms with Gasteiger partial charge in [-0.25, -0.2) is 0 Å². The second kappa shape index (κ2) is 4.56. The summed E-state index contributed by atoms with van der Waals surface area (Å²) in [5.41, 5.74) is 4.72. The number of hydrogen-bond donors (Lipinski definition) is 2. The summed E-state index contributed by atoms with van der Waals surface area (Å²) in [5, 5.41) is 0. The first kappa shape index (κ1) is 11.6. The molecule has 2 atom stereocenters. The van der Waals surface area contributed by atoms with Gasteiger partial charge in [0.15, 0.2) is 0 Å². The lowest BCUT2D eigenvalue weighted by molar-refractivity contribution is 0.198. The molecule has 1 aromatic rings. The van der Waals surface area contributed by atoms with Gasteiger partial charge in [-0.05, 0) is 29.7 Å². The quantitative estimate of drug-likeness (QED) is 0.604. The zero-order valence-corrected chi connectivity index (χ0v) is 10.2. The SMILES string of the molecule is CC1(C)CCCC1C(NN)c1ccccc1. The van der Waals surface area contributed by atoms with Gasteiger partial charge in [0.25, 0.3) is 0 Å². The maximum absolute atomic E-state index is 5.76. The Hall–Kier alpha value is -0.860. The lowest BCUT2D eigenvalue weighted by Crippen LogP contribution is -2.37. The van der Waals surface area contributed by atoms with Crippen LogP contribution in [0.3, 0.4) is 0 Å². The van der Waals surface area contributed by atoms with Gasteiger partial charge in [0, 0.05) is 6.04 Å². The Kier molecular flexibility index (Phi) is 3.31. The monoisotopic (exact) mass is 218 g/mol. The van der Waals surface area contributed by atoms with Gasteiger partial charge in [-0.15, -0.1) is 0 Å². The van der Waals surface area contributed by atoms with Crippen molar-refractivity contribution in [3.05, 3.63) is 35.9 Å². The molecule has 1 aliphatic carbocycles. The van der Waals surface area contributed by atoms with Crippen LogP contribution in [0.25, 0.3) is 0 Å². The van der Waals surface area contributed by atoms with Crippen LogP contribution < -0.4 is 11.3 Å². The minimum absolute atomic E-state index is 0.290. The Morgan fingerprint density at radius 2 is 2.00 bits per heavy atom. The van der Waals surface area contributed by atoms with Crippen LogP contribution in [0.4, 0.5) is 0 Å². The van der Waals surface area contributed by atoms with Crippen LogP contribution in [0.5, 0.6) is 0 Å². The number of rotatable bonds is 3. The molecule has 0 radical (unpaired) electrons. The predicted octanol–water partition coefficient (Wildman–Crippen LogP) is 3.02. The summed E-state index contributed by atoms with van der Waals surface area (Å²) in [4.78, 5) is 0. The summed E-state index contributed by atoms with van der Waals surface area (Å²) < 4.78 is 0. The average Bonchev–Trinajstić information content (AvgIpc) is 2.62. The molecule has 0 amide bonds. The van der Waals surface area contributed by atoms with Crippen molar-refractivity contribution in [2.45, 2.75) is 39.2 Å². The van der Waals surface area contributed by atoms with Crippen molar-refractivity contribution < 1.29 is 0 Å². The van der Waals surface area contributed by atoms with Gasteiger partial charge in [-0.1, -0.05) is 50.6 Å². The summed E-state index contributed by atoms with van der Waals surface area (Å²) in [5.74, 6) is 6.39. The van der Waals surface area contributed by atoms with Gasteiger partial charge in [-0.3, -0.25) is 11.3 Å². The highest BCUT2D eigenvalue weighted by molar-refractivity contribution is 5.20. The van der Waals surface area contributed by atoms with E-state index in [1.165, 1.54) is 24.8 Å². The molecule has 0 spiro atoms. The lowest BCUT2D eigenvalue weighted by atomic mass is 9.76. The number of benzene rings is 1. The number of nitrogens with two attached hydrogens (primary N) is 1. The second-order valence-electron chi connectivity index (χ2n) is 5.54. The minimum atomic E-state index is 0.290. The van der Waals surface area contributed by atoms with E-state index in [9.17, 15) is 0 Å². The van der Waals surface area contributed by atoms with Crippen LogP contribution in [0.1, 0.15) is 44.7 Å². The molecule has 0 saturated heterocycles.